The molecular formula is C18H30N6O. The van der Waals surface area contributed by atoms with Gasteiger partial charge < -0.3 is 10.2 Å². The number of aromatic nitrogens is 3. The smallest absolute Gasteiger partial charge is 0.234 e. The van der Waals surface area contributed by atoms with Gasteiger partial charge in [-0.05, 0) is 45.1 Å². The zero-order valence-corrected chi connectivity index (χ0v) is 15.0. The van der Waals surface area contributed by atoms with Crippen LogP contribution in [0.3, 0.4) is 0 Å². The normalized spacial score (nSPS) is 26.6. The van der Waals surface area contributed by atoms with Crippen LogP contribution in [0.2, 0.25) is 0 Å². The number of nitrogens with zero attached hydrogens (tertiary/aromatic N) is 5. The highest BCUT2D eigenvalue weighted by molar-refractivity contribution is 5.78. The van der Waals surface area contributed by atoms with Crippen LogP contribution < -0.4 is 5.32 Å². The molecule has 0 unspecified atom stereocenters. The summed E-state index contributed by atoms with van der Waals surface area (Å²) in [6.45, 7) is 4.64. The molecule has 1 aromatic heterocycles. The van der Waals surface area contributed by atoms with Crippen LogP contribution in [0.1, 0.15) is 44.9 Å². The average molecular weight is 346 g/mol. The molecule has 0 spiro atoms. The van der Waals surface area contributed by atoms with Crippen molar-refractivity contribution in [2.24, 2.45) is 0 Å². The van der Waals surface area contributed by atoms with E-state index >= 15 is 0 Å². The Hall–Kier alpha value is -1.47. The van der Waals surface area contributed by atoms with Crippen LogP contribution in [0.25, 0.3) is 0 Å². The molecule has 1 aliphatic carbocycles. The number of rotatable bonds is 6. The fraction of sp³-hybridized carbons (Fsp3) is 0.833. The minimum Gasteiger partial charge on any atom is -0.352 e. The molecule has 138 valence electrons. The zero-order valence-electron chi connectivity index (χ0n) is 15.0. The number of hydrogen-bond acceptors (Lipinski definition) is 5. The van der Waals surface area contributed by atoms with Crippen LogP contribution in [0.15, 0.2) is 12.7 Å². The molecule has 0 aromatic carbocycles. The Bertz CT molecular complexity index is 550. The van der Waals surface area contributed by atoms with Crippen molar-refractivity contribution in [3.8, 4) is 0 Å². The molecule has 1 amide bonds. The van der Waals surface area contributed by atoms with Crippen LogP contribution in [0.4, 0.5) is 0 Å². The third kappa shape index (κ3) is 4.58. The molecule has 0 radical (unpaired) electrons. The number of carbonyl (C=O) groups is 1. The summed E-state index contributed by atoms with van der Waals surface area (Å²) >= 11 is 0. The van der Waals surface area contributed by atoms with Gasteiger partial charge in [-0.2, -0.15) is 5.10 Å². The highest BCUT2D eigenvalue weighted by atomic mass is 16.2. The summed E-state index contributed by atoms with van der Waals surface area (Å²) < 4.78 is 1.88. The van der Waals surface area contributed by atoms with Crippen molar-refractivity contribution >= 4 is 5.91 Å². The molecular weight excluding hydrogens is 316 g/mol. The van der Waals surface area contributed by atoms with Crippen molar-refractivity contribution in [2.45, 2.75) is 69.6 Å². The van der Waals surface area contributed by atoms with Crippen LogP contribution in [-0.2, 0) is 11.3 Å². The molecule has 3 fully saturated rings. The van der Waals surface area contributed by atoms with E-state index in [-0.39, 0.29) is 5.91 Å². The fourth-order valence-electron chi connectivity index (χ4n) is 4.32. The highest BCUT2D eigenvalue weighted by Crippen LogP contribution is 2.29. The van der Waals surface area contributed by atoms with Gasteiger partial charge in [0.2, 0.25) is 5.91 Å². The third-order valence-electron chi connectivity index (χ3n) is 5.92. The van der Waals surface area contributed by atoms with E-state index in [1.807, 2.05) is 4.68 Å². The summed E-state index contributed by atoms with van der Waals surface area (Å²) in [6.07, 6.45) is 11.8. The number of piperidine rings is 2. The molecule has 1 atom stereocenters. The predicted octanol–water partition coefficient (Wildman–Crippen LogP) is 0.876. The minimum absolute atomic E-state index is 0.190. The maximum Gasteiger partial charge on any atom is 0.234 e. The molecule has 1 saturated carbocycles. The Morgan fingerprint density at radius 1 is 1.08 bits per heavy atom. The molecule has 7 nitrogen and oxygen atoms in total. The lowest BCUT2D eigenvalue weighted by atomic mass is 10.0. The van der Waals surface area contributed by atoms with Gasteiger partial charge in [0, 0.05) is 31.2 Å². The first-order valence-corrected chi connectivity index (χ1v) is 9.88. The van der Waals surface area contributed by atoms with E-state index in [4.69, 9.17) is 0 Å². The molecule has 3 heterocycles. The molecule has 25 heavy (non-hydrogen) atoms. The van der Waals surface area contributed by atoms with Crippen LogP contribution in [0, 0.1) is 0 Å². The molecule has 2 aliphatic heterocycles. The summed E-state index contributed by atoms with van der Waals surface area (Å²) in [5.41, 5.74) is 0. The molecule has 4 rings (SSSR count). The maximum absolute atomic E-state index is 12.6. The number of likely N-dealkylation sites (tertiary alicyclic amines) is 2. The van der Waals surface area contributed by atoms with Gasteiger partial charge >= 0.3 is 0 Å². The van der Waals surface area contributed by atoms with Crippen LogP contribution >= 0.6 is 0 Å². The van der Waals surface area contributed by atoms with Gasteiger partial charge in [-0.1, -0.05) is 6.42 Å². The Labute approximate surface area is 149 Å². The predicted molar refractivity (Wildman–Crippen MR) is 95.0 cm³/mol. The Balaban J connectivity index is 1.24. The lowest BCUT2D eigenvalue weighted by molar-refractivity contribution is -0.124. The zero-order chi connectivity index (χ0) is 17.1. The largest absolute Gasteiger partial charge is 0.352 e. The Morgan fingerprint density at radius 2 is 1.92 bits per heavy atom. The average Bonchev–Trinajstić information content (AvgIpc) is 3.34. The molecule has 7 heteroatoms. The van der Waals surface area contributed by atoms with Crippen molar-refractivity contribution in [2.75, 3.05) is 26.2 Å². The lowest BCUT2D eigenvalue weighted by Crippen LogP contribution is -2.51. The van der Waals surface area contributed by atoms with Gasteiger partial charge in [-0.25, -0.2) is 4.98 Å². The molecule has 3 aliphatic rings. The number of amides is 1. The molecule has 1 aromatic rings. The summed E-state index contributed by atoms with van der Waals surface area (Å²) in [5, 5.41) is 7.50. The second-order valence-electron chi connectivity index (χ2n) is 7.85. The minimum atomic E-state index is 0.190. The van der Waals surface area contributed by atoms with Crippen LogP contribution in [-0.4, -0.2) is 74.8 Å². The first-order valence-electron chi connectivity index (χ1n) is 9.88. The van der Waals surface area contributed by atoms with Gasteiger partial charge in [0.15, 0.2) is 0 Å². The highest BCUT2D eigenvalue weighted by Gasteiger charge is 2.32. The molecule has 1 N–H and O–H groups in total. The first kappa shape index (κ1) is 17.0. The monoisotopic (exact) mass is 346 g/mol. The van der Waals surface area contributed by atoms with Crippen molar-refractivity contribution in [3.05, 3.63) is 12.7 Å². The topological polar surface area (TPSA) is 66.3 Å². The van der Waals surface area contributed by atoms with E-state index < -0.39 is 0 Å². The van der Waals surface area contributed by atoms with E-state index in [0.29, 0.717) is 18.6 Å². The summed E-state index contributed by atoms with van der Waals surface area (Å²) in [5.74, 6) is 0.190. The quantitative estimate of drug-likeness (QED) is 0.828. The van der Waals surface area contributed by atoms with Crippen molar-refractivity contribution in [1.29, 1.82) is 0 Å². The van der Waals surface area contributed by atoms with E-state index in [2.05, 4.69) is 25.2 Å². The standard InChI is InChI=1S/C18H30N6O/c25-18(21-15-6-9-22(10-7-15)16-4-5-16)12-23-8-2-1-3-17(23)11-24-14-19-13-20-24/h13-17H,1-12H2,(H,21,25)/t17-/m1/s1. The number of hydrogen-bond donors (Lipinski definition) is 1. The number of carbonyl (C=O) groups excluding carboxylic acids is 1. The summed E-state index contributed by atoms with van der Waals surface area (Å²) in [7, 11) is 0. The van der Waals surface area contributed by atoms with Crippen LogP contribution in [0.5, 0.6) is 0 Å². The lowest BCUT2D eigenvalue weighted by Gasteiger charge is -2.36. The molecule has 0 bridgehead atoms. The maximum atomic E-state index is 12.6. The van der Waals surface area contributed by atoms with Crippen molar-refractivity contribution in [1.82, 2.24) is 29.9 Å². The third-order valence-corrected chi connectivity index (χ3v) is 5.92. The molecule has 2 saturated heterocycles. The Kier molecular flexibility index (Phi) is 5.31. The SMILES string of the molecule is O=C(CN1CCCC[C@@H]1Cn1cncn1)NC1CCN(C2CC2)CC1. The van der Waals surface area contributed by atoms with E-state index in [1.165, 1.54) is 25.7 Å². The second-order valence-corrected chi connectivity index (χ2v) is 7.85. The summed E-state index contributed by atoms with van der Waals surface area (Å²) in [4.78, 5) is 21.5. The van der Waals surface area contributed by atoms with Gasteiger partial charge in [0.1, 0.15) is 12.7 Å². The second kappa shape index (κ2) is 7.83. The van der Waals surface area contributed by atoms with Gasteiger partial charge in [0.25, 0.3) is 0 Å². The van der Waals surface area contributed by atoms with Gasteiger partial charge in [-0.3, -0.25) is 14.4 Å². The van der Waals surface area contributed by atoms with E-state index in [1.54, 1.807) is 12.7 Å². The Morgan fingerprint density at radius 3 is 2.64 bits per heavy atom. The summed E-state index contributed by atoms with van der Waals surface area (Å²) in [6, 6.07) is 1.60. The van der Waals surface area contributed by atoms with Crippen molar-refractivity contribution < 1.29 is 4.79 Å². The van der Waals surface area contributed by atoms with Gasteiger partial charge in [0.05, 0.1) is 13.1 Å². The van der Waals surface area contributed by atoms with Gasteiger partial charge in [-0.15, -0.1) is 0 Å². The van der Waals surface area contributed by atoms with E-state index in [0.717, 1.165) is 51.5 Å². The van der Waals surface area contributed by atoms with Crippen molar-refractivity contribution in [3.63, 3.8) is 0 Å². The fourth-order valence-corrected chi connectivity index (χ4v) is 4.32. The van der Waals surface area contributed by atoms with E-state index in [9.17, 15) is 4.79 Å². The first-order chi connectivity index (χ1) is 12.3. The number of nitrogens with one attached hydrogen (secondary N) is 1.